The van der Waals surface area contributed by atoms with Gasteiger partial charge in [0.05, 0.1) is 5.56 Å². The van der Waals surface area contributed by atoms with Gasteiger partial charge in [-0.15, -0.1) is 0 Å². The Bertz CT molecular complexity index is 676. The second kappa shape index (κ2) is 4.62. The van der Waals surface area contributed by atoms with Crippen LogP contribution in [-0.2, 0) is 6.18 Å². The zero-order valence-electron chi connectivity index (χ0n) is 9.95. The minimum absolute atomic E-state index is 0.0204. The van der Waals surface area contributed by atoms with Crippen LogP contribution in [0.1, 0.15) is 21.6 Å². The molecule has 0 saturated heterocycles. The summed E-state index contributed by atoms with van der Waals surface area (Å²) in [5.74, 6) is -2.90. The van der Waals surface area contributed by atoms with E-state index in [2.05, 4.69) is 5.16 Å². The van der Waals surface area contributed by atoms with E-state index in [0.717, 1.165) is 6.07 Å². The summed E-state index contributed by atoms with van der Waals surface area (Å²) in [5, 5.41) is 12.1. The first-order valence-corrected chi connectivity index (χ1v) is 5.28. The average Bonchev–Trinajstić information content (AvgIpc) is 2.69. The molecular formula is C12H7F4NO3. The molecule has 0 amide bonds. The molecule has 20 heavy (non-hydrogen) atoms. The van der Waals surface area contributed by atoms with Crippen LogP contribution in [0.3, 0.4) is 0 Å². The molecule has 2 aromatic rings. The highest BCUT2D eigenvalue weighted by Crippen LogP contribution is 2.34. The maximum atomic E-state index is 13.4. The first kappa shape index (κ1) is 14.0. The highest BCUT2D eigenvalue weighted by atomic mass is 19.4. The molecule has 0 atom stereocenters. The monoisotopic (exact) mass is 289 g/mol. The van der Waals surface area contributed by atoms with Crippen molar-refractivity contribution in [2.45, 2.75) is 13.1 Å². The van der Waals surface area contributed by atoms with Gasteiger partial charge < -0.3 is 9.63 Å². The number of halogens is 4. The summed E-state index contributed by atoms with van der Waals surface area (Å²) in [4.78, 5) is 10.8. The van der Waals surface area contributed by atoms with E-state index in [-0.39, 0.29) is 22.6 Å². The second-order valence-electron chi connectivity index (χ2n) is 3.98. The third-order valence-electron chi connectivity index (χ3n) is 2.66. The predicted molar refractivity (Wildman–Crippen MR) is 58.6 cm³/mol. The highest BCUT2D eigenvalue weighted by molar-refractivity contribution is 5.88. The lowest BCUT2D eigenvalue weighted by molar-refractivity contribution is -0.139. The molecule has 2 rings (SSSR count). The van der Waals surface area contributed by atoms with Crippen molar-refractivity contribution in [3.05, 3.63) is 40.8 Å². The van der Waals surface area contributed by atoms with Crippen LogP contribution in [0.25, 0.3) is 11.3 Å². The second-order valence-corrected chi connectivity index (χ2v) is 3.98. The number of rotatable bonds is 2. The molecule has 0 saturated carbocycles. The van der Waals surface area contributed by atoms with E-state index in [1.54, 1.807) is 0 Å². The zero-order valence-corrected chi connectivity index (χ0v) is 9.95. The molecule has 0 aliphatic rings. The van der Waals surface area contributed by atoms with Crippen LogP contribution in [0.4, 0.5) is 17.6 Å². The van der Waals surface area contributed by atoms with E-state index in [1.807, 2.05) is 0 Å². The molecule has 0 aliphatic heterocycles. The molecule has 1 aromatic carbocycles. The number of aromatic nitrogens is 1. The first-order chi connectivity index (χ1) is 9.21. The average molecular weight is 289 g/mol. The summed E-state index contributed by atoms with van der Waals surface area (Å²) in [6.07, 6.45) is -4.80. The van der Waals surface area contributed by atoms with Gasteiger partial charge in [0.15, 0.2) is 11.5 Å². The Morgan fingerprint density at radius 2 is 2.00 bits per heavy atom. The van der Waals surface area contributed by atoms with Gasteiger partial charge in [-0.05, 0) is 19.1 Å². The van der Waals surface area contributed by atoms with Crippen LogP contribution in [-0.4, -0.2) is 16.2 Å². The van der Waals surface area contributed by atoms with Gasteiger partial charge >= 0.3 is 12.1 Å². The smallest absolute Gasteiger partial charge is 0.419 e. The molecule has 1 aromatic heterocycles. The molecule has 0 radical (unpaired) electrons. The van der Waals surface area contributed by atoms with Gasteiger partial charge in [0.25, 0.3) is 0 Å². The minimum atomic E-state index is -4.80. The van der Waals surface area contributed by atoms with E-state index < -0.39 is 23.5 Å². The van der Waals surface area contributed by atoms with Gasteiger partial charge in [0.1, 0.15) is 5.82 Å². The van der Waals surface area contributed by atoms with Crippen LogP contribution >= 0.6 is 0 Å². The maximum absolute atomic E-state index is 13.4. The van der Waals surface area contributed by atoms with Crippen molar-refractivity contribution in [1.82, 2.24) is 5.16 Å². The van der Waals surface area contributed by atoms with Gasteiger partial charge in [-0.25, -0.2) is 9.18 Å². The number of nitrogens with zero attached hydrogens (tertiary/aromatic N) is 1. The van der Waals surface area contributed by atoms with Gasteiger partial charge in [-0.2, -0.15) is 13.2 Å². The summed E-state index contributed by atoms with van der Waals surface area (Å²) in [7, 11) is 0. The number of alkyl halides is 3. The van der Waals surface area contributed by atoms with Crippen molar-refractivity contribution in [3.8, 4) is 11.3 Å². The first-order valence-electron chi connectivity index (χ1n) is 5.28. The predicted octanol–water partition coefficient (Wildman–Crippen LogP) is 3.51. The number of benzene rings is 1. The van der Waals surface area contributed by atoms with E-state index in [4.69, 9.17) is 9.63 Å². The quantitative estimate of drug-likeness (QED) is 0.859. The van der Waals surface area contributed by atoms with E-state index >= 15 is 0 Å². The summed E-state index contributed by atoms with van der Waals surface area (Å²) in [5.41, 5.74) is -1.69. The van der Waals surface area contributed by atoms with Crippen LogP contribution in [0.15, 0.2) is 22.7 Å². The number of hydrogen-bond donors (Lipinski definition) is 1. The fraction of sp³-hybridized carbons (Fsp3) is 0.167. The SMILES string of the molecule is Cc1c(C(=O)O)noc1-c1ccc(C(F)(F)F)c(F)c1. The number of hydrogen-bond acceptors (Lipinski definition) is 3. The lowest BCUT2D eigenvalue weighted by atomic mass is 10.0. The molecule has 106 valence electrons. The fourth-order valence-electron chi connectivity index (χ4n) is 1.69. The number of carboxylic acids is 1. The Kier molecular flexibility index (Phi) is 3.24. The molecular weight excluding hydrogens is 282 g/mol. The molecule has 8 heteroatoms. The van der Waals surface area contributed by atoms with Gasteiger partial charge in [-0.1, -0.05) is 11.2 Å². The maximum Gasteiger partial charge on any atom is 0.419 e. The molecule has 4 nitrogen and oxygen atoms in total. The Balaban J connectivity index is 2.50. The minimum Gasteiger partial charge on any atom is -0.476 e. The third kappa shape index (κ3) is 2.36. The molecule has 0 bridgehead atoms. The lowest BCUT2D eigenvalue weighted by Gasteiger charge is -2.08. The lowest BCUT2D eigenvalue weighted by Crippen LogP contribution is -2.07. The zero-order chi connectivity index (χ0) is 15.1. The van der Waals surface area contributed by atoms with Gasteiger partial charge in [0.2, 0.25) is 0 Å². The molecule has 0 spiro atoms. The Labute approximate surface area is 109 Å². The van der Waals surface area contributed by atoms with Crippen molar-refractivity contribution < 1.29 is 32.0 Å². The number of carbonyl (C=O) groups is 1. The van der Waals surface area contributed by atoms with E-state index in [1.165, 1.54) is 6.92 Å². The van der Waals surface area contributed by atoms with Crippen molar-refractivity contribution in [1.29, 1.82) is 0 Å². The van der Waals surface area contributed by atoms with E-state index in [9.17, 15) is 22.4 Å². The van der Waals surface area contributed by atoms with Crippen molar-refractivity contribution >= 4 is 5.97 Å². The summed E-state index contributed by atoms with van der Waals surface area (Å²) >= 11 is 0. The summed E-state index contributed by atoms with van der Waals surface area (Å²) in [6, 6.07) is 2.18. The van der Waals surface area contributed by atoms with Crippen molar-refractivity contribution in [3.63, 3.8) is 0 Å². The third-order valence-corrected chi connectivity index (χ3v) is 2.66. The molecule has 0 unspecified atom stereocenters. The summed E-state index contributed by atoms with van der Waals surface area (Å²) < 4.78 is 55.4. The van der Waals surface area contributed by atoms with Crippen molar-refractivity contribution in [2.24, 2.45) is 0 Å². The molecule has 1 heterocycles. The molecule has 1 N–H and O–H groups in total. The summed E-state index contributed by atoms with van der Waals surface area (Å²) in [6.45, 7) is 1.37. The molecule has 0 aliphatic carbocycles. The van der Waals surface area contributed by atoms with Crippen LogP contribution in [0, 0.1) is 12.7 Å². The fourth-order valence-corrected chi connectivity index (χ4v) is 1.69. The van der Waals surface area contributed by atoms with Crippen LogP contribution in [0.2, 0.25) is 0 Å². The normalized spacial score (nSPS) is 11.7. The van der Waals surface area contributed by atoms with E-state index in [0.29, 0.717) is 12.1 Å². The number of aromatic carboxylic acids is 1. The Morgan fingerprint density at radius 3 is 2.45 bits per heavy atom. The Morgan fingerprint density at radius 1 is 1.35 bits per heavy atom. The van der Waals surface area contributed by atoms with Gasteiger partial charge in [0, 0.05) is 11.1 Å². The standard InChI is InChI=1S/C12H7F4NO3/c1-5-9(11(18)19)17-20-10(5)6-2-3-7(8(13)4-6)12(14,15)16/h2-4H,1H3,(H,18,19). The van der Waals surface area contributed by atoms with Crippen LogP contribution < -0.4 is 0 Å². The van der Waals surface area contributed by atoms with Crippen LogP contribution in [0.5, 0.6) is 0 Å². The largest absolute Gasteiger partial charge is 0.476 e. The van der Waals surface area contributed by atoms with Crippen molar-refractivity contribution in [2.75, 3.05) is 0 Å². The Hall–Kier alpha value is -2.38. The van der Waals surface area contributed by atoms with Gasteiger partial charge in [-0.3, -0.25) is 0 Å². The number of carboxylic acid groups (broad SMARTS) is 1. The topological polar surface area (TPSA) is 63.3 Å². The molecule has 0 fully saturated rings. The highest BCUT2D eigenvalue weighted by Gasteiger charge is 2.34.